The number of Topliss-reactive ketones (excluding diaryl/α,β-unsaturated/α-hetero) is 1. The summed E-state index contributed by atoms with van der Waals surface area (Å²) in [4.78, 5) is 23.4. The molecule has 3 heteroatoms. The third-order valence-corrected chi connectivity index (χ3v) is 3.88. The molecule has 2 rings (SSSR count). The van der Waals surface area contributed by atoms with Gasteiger partial charge in [-0.1, -0.05) is 18.2 Å². The van der Waals surface area contributed by atoms with Gasteiger partial charge >= 0.3 is 5.97 Å². The van der Waals surface area contributed by atoms with Gasteiger partial charge in [0.05, 0.1) is 5.92 Å². The van der Waals surface area contributed by atoms with Crippen molar-refractivity contribution in [3.63, 3.8) is 0 Å². The van der Waals surface area contributed by atoms with E-state index in [1.165, 1.54) is 0 Å². The van der Waals surface area contributed by atoms with Crippen LogP contribution in [0.25, 0.3) is 0 Å². The summed E-state index contributed by atoms with van der Waals surface area (Å²) in [5.74, 6) is -1.12. The van der Waals surface area contributed by atoms with Crippen LogP contribution in [0.1, 0.15) is 40.7 Å². The molecule has 96 valence electrons. The number of aliphatic carboxylic acids is 1. The number of ketones is 1. The van der Waals surface area contributed by atoms with Gasteiger partial charge in [-0.2, -0.15) is 0 Å². The molecule has 0 unspecified atom stereocenters. The molecule has 1 aliphatic carbocycles. The number of hydrogen-bond donors (Lipinski definition) is 1. The van der Waals surface area contributed by atoms with Crippen molar-refractivity contribution >= 4 is 11.8 Å². The molecular weight excluding hydrogens is 228 g/mol. The minimum Gasteiger partial charge on any atom is -0.481 e. The first-order chi connectivity index (χ1) is 8.50. The van der Waals surface area contributed by atoms with E-state index < -0.39 is 5.97 Å². The van der Waals surface area contributed by atoms with Gasteiger partial charge in [-0.3, -0.25) is 9.59 Å². The van der Waals surface area contributed by atoms with Crippen LogP contribution in [0.4, 0.5) is 0 Å². The highest BCUT2D eigenvalue weighted by atomic mass is 16.4. The smallest absolute Gasteiger partial charge is 0.306 e. The molecule has 1 fully saturated rings. The fourth-order valence-corrected chi connectivity index (χ4v) is 2.85. The Morgan fingerprint density at radius 1 is 1.11 bits per heavy atom. The average Bonchev–Trinajstić information content (AvgIpc) is 2.77. The molecule has 3 nitrogen and oxygen atoms in total. The molecule has 1 aromatic rings. The largest absolute Gasteiger partial charge is 0.481 e. The van der Waals surface area contributed by atoms with Crippen LogP contribution in [0.5, 0.6) is 0 Å². The molecule has 2 atom stereocenters. The van der Waals surface area contributed by atoms with Crippen molar-refractivity contribution < 1.29 is 14.7 Å². The van der Waals surface area contributed by atoms with Crippen molar-refractivity contribution in [3.8, 4) is 0 Å². The van der Waals surface area contributed by atoms with Crippen LogP contribution in [-0.2, 0) is 4.79 Å². The molecule has 0 spiro atoms. The van der Waals surface area contributed by atoms with E-state index in [0.29, 0.717) is 19.3 Å². The number of carboxylic acid groups (broad SMARTS) is 1. The first kappa shape index (κ1) is 12.8. The van der Waals surface area contributed by atoms with Gasteiger partial charge in [0.25, 0.3) is 0 Å². The van der Waals surface area contributed by atoms with Crippen LogP contribution in [0.15, 0.2) is 18.2 Å². The maximum Gasteiger partial charge on any atom is 0.306 e. The SMILES string of the molecule is Cc1cccc(C)c1C(=O)[C@@H]1CC[C@H](C(=O)O)C1. The second kappa shape index (κ2) is 4.92. The van der Waals surface area contributed by atoms with Crippen LogP contribution < -0.4 is 0 Å². The maximum atomic E-state index is 12.5. The Balaban J connectivity index is 2.21. The number of carbonyl (C=O) groups excluding carboxylic acids is 1. The highest BCUT2D eigenvalue weighted by molar-refractivity contribution is 6.00. The van der Waals surface area contributed by atoms with Crippen LogP contribution in [0, 0.1) is 25.7 Å². The molecule has 1 N–H and O–H groups in total. The average molecular weight is 246 g/mol. The molecule has 0 amide bonds. The molecule has 1 aliphatic rings. The topological polar surface area (TPSA) is 54.4 Å². The Kier molecular flexibility index (Phi) is 3.50. The summed E-state index contributed by atoms with van der Waals surface area (Å²) in [5.41, 5.74) is 2.76. The number of rotatable bonds is 3. The van der Waals surface area contributed by atoms with Crippen molar-refractivity contribution in [2.75, 3.05) is 0 Å². The predicted molar refractivity (Wildman–Crippen MR) is 68.7 cm³/mol. The molecule has 0 saturated heterocycles. The highest BCUT2D eigenvalue weighted by Gasteiger charge is 2.34. The molecule has 0 heterocycles. The van der Waals surface area contributed by atoms with Gasteiger partial charge in [-0.15, -0.1) is 0 Å². The lowest BCUT2D eigenvalue weighted by atomic mass is 9.90. The molecule has 1 saturated carbocycles. The second-order valence-electron chi connectivity index (χ2n) is 5.18. The minimum absolute atomic E-state index is 0.120. The van der Waals surface area contributed by atoms with Gasteiger partial charge in [-0.05, 0) is 44.2 Å². The van der Waals surface area contributed by atoms with Gasteiger partial charge in [0.1, 0.15) is 0 Å². The Morgan fingerprint density at radius 3 is 2.17 bits per heavy atom. The van der Waals surface area contributed by atoms with E-state index in [1.807, 2.05) is 32.0 Å². The van der Waals surface area contributed by atoms with Crippen LogP contribution >= 0.6 is 0 Å². The summed E-state index contributed by atoms with van der Waals surface area (Å²) >= 11 is 0. The van der Waals surface area contributed by atoms with Crippen molar-refractivity contribution in [1.82, 2.24) is 0 Å². The van der Waals surface area contributed by atoms with Gasteiger partial charge in [0.2, 0.25) is 0 Å². The molecule has 1 aromatic carbocycles. The van der Waals surface area contributed by atoms with E-state index in [9.17, 15) is 9.59 Å². The van der Waals surface area contributed by atoms with Gasteiger partial charge in [0, 0.05) is 11.5 Å². The van der Waals surface area contributed by atoms with E-state index in [4.69, 9.17) is 5.11 Å². The lowest BCUT2D eigenvalue weighted by Gasteiger charge is -2.13. The second-order valence-corrected chi connectivity index (χ2v) is 5.18. The summed E-state index contributed by atoms with van der Waals surface area (Å²) in [6.45, 7) is 3.87. The summed E-state index contributed by atoms with van der Waals surface area (Å²) < 4.78 is 0. The number of hydrogen-bond acceptors (Lipinski definition) is 2. The third-order valence-electron chi connectivity index (χ3n) is 3.88. The lowest BCUT2D eigenvalue weighted by Crippen LogP contribution is -2.16. The highest BCUT2D eigenvalue weighted by Crippen LogP contribution is 2.34. The summed E-state index contributed by atoms with van der Waals surface area (Å²) in [5, 5.41) is 8.98. The van der Waals surface area contributed by atoms with Crippen LogP contribution in [-0.4, -0.2) is 16.9 Å². The standard InChI is InChI=1S/C15H18O3/c1-9-4-3-5-10(2)13(9)14(16)11-6-7-12(8-11)15(17)18/h3-5,11-12H,6-8H2,1-2H3,(H,17,18)/t11-,12+/m1/s1. The fraction of sp³-hybridized carbons (Fsp3) is 0.467. The molecular formula is C15H18O3. The first-order valence-corrected chi connectivity index (χ1v) is 6.34. The number of benzene rings is 1. The monoisotopic (exact) mass is 246 g/mol. The quantitative estimate of drug-likeness (QED) is 0.834. The summed E-state index contributed by atoms with van der Waals surface area (Å²) in [7, 11) is 0. The molecule has 0 aromatic heterocycles. The molecule has 0 aliphatic heterocycles. The molecule has 0 bridgehead atoms. The van der Waals surface area contributed by atoms with Crippen molar-refractivity contribution in [2.24, 2.45) is 11.8 Å². The Hall–Kier alpha value is -1.64. The number of carboxylic acids is 1. The van der Waals surface area contributed by atoms with Crippen molar-refractivity contribution in [2.45, 2.75) is 33.1 Å². The zero-order valence-corrected chi connectivity index (χ0v) is 10.8. The number of aryl methyl sites for hydroxylation is 2. The summed E-state index contributed by atoms with van der Waals surface area (Å²) in [6.07, 6.45) is 1.81. The number of carbonyl (C=O) groups is 2. The van der Waals surface area contributed by atoms with E-state index in [0.717, 1.165) is 16.7 Å². The zero-order valence-electron chi connectivity index (χ0n) is 10.8. The Labute approximate surface area is 107 Å². The van der Waals surface area contributed by atoms with Gasteiger partial charge in [0.15, 0.2) is 5.78 Å². The van der Waals surface area contributed by atoms with Gasteiger partial charge in [-0.25, -0.2) is 0 Å². The van der Waals surface area contributed by atoms with Gasteiger partial charge < -0.3 is 5.11 Å². The Morgan fingerprint density at radius 2 is 1.67 bits per heavy atom. The lowest BCUT2D eigenvalue weighted by molar-refractivity contribution is -0.141. The van der Waals surface area contributed by atoms with Crippen LogP contribution in [0.3, 0.4) is 0 Å². The predicted octanol–water partition coefficient (Wildman–Crippen LogP) is 2.99. The minimum atomic E-state index is -0.771. The van der Waals surface area contributed by atoms with Crippen molar-refractivity contribution in [1.29, 1.82) is 0 Å². The van der Waals surface area contributed by atoms with E-state index in [-0.39, 0.29) is 17.6 Å². The van der Waals surface area contributed by atoms with E-state index in [2.05, 4.69) is 0 Å². The molecule has 18 heavy (non-hydrogen) atoms. The summed E-state index contributed by atoms with van der Waals surface area (Å²) in [6, 6.07) is 5.81. The van der Waals surface area contributed by atoms with E-state index >= 15 is 0 Å². The Bertz CT molecular complexity index is 470. The first-order valence-electron chi connectivity index (χ1n) is 6.34. The van der Waals surface area contributed by atoms with Crippen LogP contribution in [0.2, 0.25) is 0 Å². The maximum absolute atomic E-state index is 12.5. The van der Waals surface area contributed by atoms with E-state index in [1.54, 1.807) is 0 Å². The molecule has 0 radical (unpaired) electrons. The normalized spacial score (nSPS) is 23.0. The third kappa shape index (κ3) is 2.30. The zero-order chi connectivity index (χ0) is 13.3. The fourth-order valence-electron chi connectivity index (χ4n) is 2.85. The van der Waals surface area contributed by atoms with Crippen molar-refractivity contribution in [3.05, 3.63) is 34.9 Å².